The van der Waals surface area contributed by atoms with Gasteiger partial charge in [-0.25, -0.2) is 4.79 Å². The number of amides is 7. The molecule has 3 fully saturated rings. The number of hydrogen-bond donors (Lipinski definition) is 6. The number of benzene rings is 2. The molecular weight excluding hydrogens is 1490 g/mol. The molecule has 0 aromatic heterocycles. The average molecular weight is 1620 g/mol. The first-order valence-electron chi connectivity index (χ1n) is 39.4. The van der Waals surface area contributed by atoms with Crippen molar-refractivity contribution in [2.24, 2.45) is 5.92 Å². The SMILES string of the molecule is CC(C)[C@@H](NC(=O)c1cccc(C(=O)NCCOCCOCCOCCOCCOCCOCCOCCOCCC(=O)NCCOCCOCCOCCOCCOCCOCCOCCOCCOCCOCCOCCNC(=O)CCCC[C@@H]2SC[C@@H]3NC(=O)N[C@@H]32)c1)C(=O)N1CCC(c2ccc(Cl)cc2)CC1. The summed E-state index contributed by atoms with van der Waals surface area (Å²) >= 11 is 7.97. The highest BCUT2D eigenvalue weighted by Gasteiger charge is 2.42. The minimum absolute atomic E-state index is 0.0323. The Morgan fingerprint density at radius 1 is 0.441 bits per heavy atom. The highest BCUT2D eigenvalue weighted by Crippen LogP contribution is 2.33. The molecule has 0 unspecified atom stereocenters. The zero-order valence-electron chi connectivity index (χ0n) is 65.6. The van der Waals surface area contributed by atoms with E-state index in [1.165, 1.54) is 11.6 Å². The number of fused-ring (bicyclic) bond motifs is 1. The first-order valence-corrected chi connectivity index (χ1v) is 40.8. The smallest absolute Gasteiger partial charge is 0.315 e. The Labute approximate surface area is 665 Å². The van der Waals surface area contributed by atoms with Crippen molar-refractivity contribution in [2.45, 2.75) is 88.1 Å². The Bertz CT molecular complexity index is 2700. The molecule has 3 aliphatic rings. The van der Waals surface area contributed by atoms with E-state index in [0.29, 0.717) is 298 Å². The third-order valence-electron chi connectivity index (χ3n) is 17.3. The van der Waals surface area contributed by atoms with E-state index in [9.17, 15) is 28.8 Å². The zero-order chi connectivity index (χ0) is 78.9. The number of piperidine rings is 1. The predicted molar refractivity (Wildman–Crippen MR) is 415 cm³/mol. The summed E-state index contributed by atoms with van der Waals surface area (Å²) < 4.78 is 105. The van der Waals surface area contributed by atoms with Gasteiger partial charge in [0.2, 0.25) is 17.7 Å². The van der Waals surface area contributed by atoms with Crippen LogP contribution in [0.3, 0.4) is 0 Å². The van der Waals surface area contributed by atoms with Gasteiger partial charge in [0.1, 0.15) is 6.04 Å². The molecule has 634 valence electrons. The maximum atomic E-state index is 13.6. The molecule has 4 atom stereocenters. The summed E-state index contributed by atoms with van der Waals surface area (Å²) in [6.07, 6.45) is 5.19. The number of nitrogens with one attached hydrogen (secondary N) is 6. The van der Waals surface area contributed by atoms with Gasteiger partial charge in [0.15, 0.2) is 0 Å². The molecule has 0 saturated carbocycles. The van der Waals surface area contributed by atoms with Crippen molar-refractivity contribution in [3.8, 4) is 0 Å². The molecule has 0 spiro atoms. The number of carbonyl (C=O) groups excluding carboxylic acids is 6. The number of urea groups is 1. The molecule has 0 aliphatic carbocycles. The lowest BCUT2D eigenvalue weighted by Gasteiger charge is -2.35. The van der Waals surface area contributed by atoms with Crippen LogP contribution in [-0.2, 0) is 104 Å². The van der Waals surface area contributed by atoms with E-state index in [1.807, 2.05) is 54.8 Å². The molecule has 6 N–H and O–H groups in total. The van der Waals surface area contributed by atoms with E-state index in [0.717, 1.165) is 37.9 Å². The fourth-order valence-electron chi connectivity index (χ4n) is 11.3. The number of likely N-dealkylation sites (tertiary alicyclic amines) is 1. The molecule has 3 aliphatic heterocycles. The molecule has 0 bridgehead atoms. The minimum Gasteiger partial charge on any atom is -0.379 e. The lowest BCUT2D eigenvalue weighted by Crippen LogP contribution is -2.52. The number of thioether (sulfide) groups is 1. The Kier molecular flexibility index (Phi) is 57.5. The van der Waals surface area contributed by atoms with Crippen molar-refractivity contribution < 1.29 is 119 Å². The van der Waals surface area contributed by atoms with Gasteiger partial charge in [0.05, 0.1) is 263 Å². The summed E-state index contributed by atoms with van der Waals surface area (Å²) in [5, 5.41) is 18.5. The van der Waals surface area contributed by atoms with Gasteiger partial charge in [0, 0.05) is 72.7 Å². The molecule has 5 rings (SSSR count). The Balaban J connectivity index is 0.628. The fraction of sp³-hybridized carbons (Fsp3) is 0.766. The quantitative estimate of drug-likeness (QED) is 0.0404. The molecule has 2 aromatic rings. The predicted octanol–water partition coefficient (Wildman–Crippen LogP) is 3.89. The first-order chi connectivity index (χ1) is 54.5. The van der Waals surface area contributed by atoms with Gasteiger partial charge < -0.3 is 127 Å². The normalized spacial score (nSPS) is 15.9. The number of unbranched alkanes of at least 4 members (excludes halogenated alkanes) is 1. The standard InChI is InChI=1S/C77H128ClN7O25S/c1-62(2)72(76(90)85-20-14-64(15-21-85)63-10-12-67(78)13-11-63)83-75(89)66-7-5-6-65(60-66)74(88)81-19-25-95-29-33-99-37-41-103-45-49-107-51-50-104-46-42-100-38-34-96-30-26-92-22-16-71(87)80-18-24-94-28-32-98-36-40-102-44-48-106-53-55-109-57-59-110-58-56-108-54-52-105-47-43-101-39-35-97-31-27-93-23-17-79-70(86)9-4-3-8-69-73-68(61-111-69)82-77(91)84-73/h5-7,10-13,60,62,64,68-69,72-73H,3-4,8-9,14-59,61H2,1-2H3,(H,79,86)(H,80,87)(H,81,88)(H,83,89)(H2,82,84,91)/t68-,69-,72+,73-/m0/s1. The summed E-state index contributed by atoms with van der Waals surface area (Å²) in [6, 6.07) is 14.0. The summed E-state index contributed by atoms with van der Waals surface area (Å²) in [4.78, 5) is 77.5. The highest BCUT2D eigenvalue weighted by molar-refractivity contribution is 8.00. The van der Waals surface area contributed by atoms with E-state index in [-0.39, 0.29) is 73.8 Å². The minimum atomic E-state index is -0.702. The second-order valence-corrected chi connectivity index (χ2v) is 27.8. The number of halogens is 1. The molecule has 7 amide bonds. The summed E-state index contributed by atoms with van der Waals surface area (Å²) in [6.45, 7) is 22.3. The Hall–Kier alpha value is -5.06. The van der Waals surface area contributed by atoms with Crippen LogP contribution in [0.25, 0.3) is 0 Å². The number of rotatable bonds is 74. The molecule has 111 heavy (non-hydrogen) atoms. The van der Waals surface area contributed by atoms with Gasteiger partial charge in [-0.1, -0.05) is 50.1 Å². The topological polar surface area (TPSA) is 353 Å². The Morgan fingerprint density at radius 3 is 1.18 bits per heavy atom. The third kappa shape index (κ3) is 48.8. The van der Waals surface area contributed by atoms with E-state index in [2.05, 4.69) is 31.9 Å². The highest BCUT2D eigenvalue weighted by atomic mass is 35.5. The van der Waals surface area contributed by atoms with E-state index in [1.54, 1.807) is 18.2 Å². The maximum absolute atomic E-state index is 13.6. The van der Waals surface area contributed by atoms with Crippen molar-refractivity contribution in [1.29, 1.82) is 0 Å². The largest absolute Gasteiger partial charge is 0.379 e. The van der Waals surface area contributed by atoms with Crippen molar-refractivity contribution in [2.75, 3.05) is 290 Å². The summed E-state index contributed by atoms with van der Waals surface area (Å²) in [7, 11) is 0. The first kappa shape index (κ1) is 96.5. The molecule has 2 aromatic carbocycles. The summed E-state index contributed by atoms with van der Waals surface area (Å²) in [5.41, 5.74) is 1.83. The van der Waals surface area contributed by atoms with Crippen LogP contribution in [0.15, 0.2) is 48.5 Å². The third-order valence-corrected chi connectivity index (χ3v) is 19.1. The second-order valence-electron chi connectivity index (χ2n) is 26.1. The monoisotopic (exact) mass is 1620 g/mol. The molecule has 0 radical (unpaired) electrons. The van der Waals surface area contributed by atoms with Crippen molar-refractivity contribution in [1.82, 2.24) is 36.8 Å². The van der Waals surface area contributed by atoms with Crippen molar-refractivity contribution in [3.63, 3.8) is 0 Å². The number of carbonyl (C=O) groups is 6. The molecule has 3 heterocycles. The Morgan fingerprint density at radius 2 is 0.793 bits per heavy atom. The van der Waals surface area contributed by atoms with Gasteiger partial charge in [-0.05, 0) is 73.4 Å². The van der Waals surface area contributed by atoms with E-state index in [4.69, 9.17) is 102 Å². The lowest BCUT2D eigenvalue weighted by molar-refractivity contribution is -0.135. The van der Waals surface area contributed by atoms with Crippen LogP contribution < -0.4 is 31.9 Å². The number of ether oxygens (including phenoxy) is 19. The average Bonchev–Trinajstić information content (AvgIpc) is 1.72. The van der Waals surface area contributed by atoms with Crippen LogP contribution in [-0.4, -0.2) is 353 Å². The maximum Gasteiger partial charge on any atom is 0.315 e. The van der Waals surface area contributed by atoms with Crippen LogP contribution >= 0.6 is 23.4 Å². The van der Waals surface area contributed by atoms with Crippen molar-refractivity contribution in [3.05, 3.63) is 70.2 Å². The van der Waals surface area contributed by atoms with Crippen LogP contribution in [0.4, 0.5) is 4.79 Å². The molecule has 32 nitrogen and oxygen atoms in total. The molecular formula is C77H128ClN7O25S. The van der Waals surface area contributed by atoms with Gasteiger partial charge in [-0.3, -0.25) is 24.0 Å². The van der Waals surface area contributed by atoms with Crippen LogP contribution in [0, 0.1) is 5.92 Å². The van der Waals surface area contributed by atoms with E-state index >= 15 is 0 Å². The van der Waals surface area contributed by atoms with Gasteiger partial charge in [-0.2, -0.15) is 11.8 Å². The number of hydrogen-bond acceptors (Lipinski definition) is 26. The fourth-order valence-corrected chi connectivity index (χ4v) is 13.0. The van der Waals surface area contributed by atoms with Crippen LogP contribution in [0.1, 0.15) is 91.0 Å². The lowest BCUT2D eigenvalue weighted by atomic mass is 9.89. The zero-order valence-corrected chi connectivity index (χ0v) is 67.2. The van der Waals surface area contributed by atoms with Crippen LogP contribution in [0.5, 0.6) is 0 Å². The molecule has 3 saturated heterocycles. The van der Waals surface area contributed by atoms with Crippen LogP contribution in [0.2, 0.25) is 5.02 Å². The van der Waals surface area contributed by atoms with E-state index < -0.39 is 11.9 Å². The molecule has 34 heteroatoms. The van der Waals surface area contributed by atoms with Crippen molar-refractivity contribution >= 4 is 58.9 Å². The second kappa shape index (κ2) is 66.1. The van der Waals surface area contributed by atoms with Gasteiger partial charge in [0.25, 0.3) is 11.8 Å². The number of nitrogens with zero attached hydrogens (tertiary/aromatic N) is 1. The van der Waals surface area contributed by atoms with Gasteiger partial charge >= 0.3 is 6.03 Å². The van der Waals surface area contributed by atoms with Gasteiger partial charge in [-0.15, -0.1) is 0 Å². The summed E-state index contributed by atoms with van der Waals surface area (Å²) in [5.74, 6) is 0.217.